The lowest BCUT2D eigenvalue weighted by Crippen LogP contribution is -2.26. The lowest BCUT2D eigenvalue weighted by molar-refractivity contribution is 0.281. The van der Waals surface area contributed by atoms with Gasteiger partial charge in [-0.2, -0.15) is 0 Å². The molecule has 34 heavy (non-hydrogen) atoms. The molecule has 1 aliphatic heterocycles. The molecular weight excluding hydrogens is 450 g/mol. The molecule has 1 saturated heterocycles. The van der Waals surface area contributed by atoms with E-state index in [1.807, 2.05) is 34.9 Å². The normalized spacial score (nSPS) is 15.6. The summed E-state index contributed by atoms with van der Waals surface area (Å²) in [6, 6.07) is 13.3. The van der Waals surface area contributed by atoms with Gasteiger partial charge in [0.05, 0.1) is 31.0 Å². The Morgan fingerprint density at radius 2 is 2.00 bits per heavy atom. The maximum absolute atomic E-state index is 9.94. The first-order valence-corrected chi connectivity index (χ1v) is 11.4. The zero-order valence-corrected chi connectivity index (χ0v) is 19.5. The number of pyridine rings is 1. The van der Waals surface area contributed by atoms with Crippen LogP contribution in [0.25, 0.3) is 32.9 Å². The third kappa shape index (κ3) is 3.97. The number of aliphatic hydroxyl groups is 1. The molecule has 3 N–H and O–H groups in total. The number of nitrogens with zero attached hydrogens (tertiary/aromatic N) is 4. The molecule has 4 aromatic rings. The largest absolute Gasteiger partial charge is 0.495 e. The summed E-state index contributed by atoms with van der Waals surface area (Å²) in [6.45, 7) is 8.73. The van der Waals surface area contributed by atoms with Crippen LogP contribution in [-0.4, -0.2) is 40.7 Å². The molecule has 1 aliphatic rings. The Labute approximate surface area is 202 Å². The van der Waals surface area contributed by atoms with Crippen molar-refractivity contribution in [3.05, 3.63) is 76.9 Å². The Balaban J connectivity index is 1.67. The number of hydrogen-bond acceptors (Lipinski definition) is 5. The van der Waals surface area contributed by atoms with Crippen molar-refractivity contribution in [2.24, 2.45) is 5.73 Å². The molecule has 1 atom stereocenters. The third-order valence-electron chi connectivity index (χ3n) is 6.27. The molecule has 3 heterocycles. The van der Waals surface area contributed by atoms with E-state index >= 15 is 0 Å². The molecular formula is C26H24ClN5O2. The van der Waals surface area contributed by atoms with E-state index < -0.39 is 0 Å². The fourth-order valence-corrected chi connectivity index (χ4v) is 4.72. The summed E-state index contributed by atoms with van der Waals surface area (Å²) in [5.41, 5.74) is 12.9. The molecule has 0 unspecified atom stereocenters. The van der Waals surface area contributed by atoms with Gasteiger partial charge in [0.15, 0.2) is 5.69 Å². The maximum atomic E-state index is 9.94. The number of methoxy groups -OCH3 is 1. The highest BCUT2D eigenvalue weighted by Crippen LogP contribution is 2.37. The van der Waals surface area contributed by atoms with Gasteiger partial charge < -0.3 is 24.9 Å². The molecule has 1 fully saturated rings. The average Bonchev–Trinajstić information content (AvgIpc) is 3.48. The van der Waals surface area contributed by atoms with Crippen LogP contribution >= 0.6 is 11.6 Å². The SMILES string of the molecule is [C-]#[N+]c1ccc(-c2cn3cc(-c4cc(Cl)c(OC)cc4CO)nc3cc2N2CC[C@H](N)C2)cc1. The van der Waals surface area contributed by atoms with Gasteiger partial charge in [-0.15, -0.1) is 0 Å². The second-order valence-corrected chi connectivity index (χ2v) is 8.83. The number of fused-ring (bicyclic) bond motifs is 1. The van der Waals surface area contributed by atoms with Crippen LogP contribution in [0.5, 0.6) is 5.75 Å². The van der Waals surface area contributed by atoms with E-state index in [0.29, 0.717) is 27.7 Å². The first-order chi connectivity index (χ1) is 16.5. The summed E-state index contributed by atoms with van der Waals surface area (Å²) in [4.78, 5) is 10.7. The Morgan fingerprint density at radius 1 is 1.21 bits per heavy atom. The quantitative estimate of drug-likeness (QED) is 0.402. The molecule has 2 aromatic carbocycles. The van der Waals surface area contributed by atoms with Crippen LogP contribution in [0.3, 0.4) is 0 Å². The van der Waals surface area contributed by atoms with Crippen LogP contribution < -0.4 is 15.4 Å². The van der Waals surface area contributed by atoms with E-state index in [-0.39, 0.29) is 12.6 Å². The van der Waals surface area contributed by atoms with Crippen molar-refractivity contribution in [2.45, 2.75) is 19.1 Å². The fourth-order valence-electron chi connectivity index (χ4n) is 4.48. The van der Waals surface area contributed by atoms with E-state index in [1.165, 1.54) is 0 Å². The zero-order valence-electron chi connectivity index (χ0n) is 18.7. The van der Waals surface area contributed by atoms with Crippen molar-refractivity contribution in [1.82, 2.24) is 9.38 Å². The molecule has 5 rings (SSSR count). The highest BCUT2D eigenvalue weighted by molar-refractivity contribution is 6.32. The van der Waals surface area contributed by atoms with E-state index in [2.05, 4.69) is 22.0 Å². The maximum Gasteiger partial charge on any atom is 0.187 e. The van der Waals surface area contributed by atoms with Crippen LogP contribution in [0.4, 0.5) is 11.4 Å². The van der Waals surface area contributed by atoms with E-state index in [1.54, 1.807) is 19.2 Å². The van der Waals surface area contributed by atoms with Crippen LogP contribution in [0.15, 0.2) is 54.9 Å². The number of imidazole rings is 1. The molecule has 172 valence electrons. The molecule has 0 amide bonds. The molecule has 0 radical (unpaired) electrons. The minimum atomic E-state index is -0.160. The summed E-state index contributed by atoms with van der Waals surface area (Å²) in [5, 5.41) is 10.4. The van der Waals surface area contributed by atoms with Crippen molar-refractivity contribution < 1.29 is 9.84 Å². The first-order valence-electron chi connectivity index (χ1n) is 11.0. The number of anilines is 1. The number of aliphatic hydroxyl groups excluding tert-OH is 1. The Kier molecular flexibility index (Phi) is 5.88. The minimum Gasteiger partial charge on any atom is -0.495 e. The van der Waals surface area contributed by atoms with Gasteiger partial charge in [-0.05, 0) is 29.7 Å². The molecule has 0 spiro atoms. The van der Waals surface area contributed by atoms with E-state index in [9.17, 15) is 5.11 Å². The van der Waals surface area contributed by atoms with Gasteiger partial charge in [0.25, 0.3) is 0 Å². The third-order valence-corrected chi connectivity index (χ3v) is 6.56. The second kappa shape index (κ2) is 8.99. The van der Waals surface area contributed by atoms with Crippen LogP contribution in [0.2, 0.25) is 5.02 Å². The standard InChI is InChI=1S/C26H24ClN5O2/c1-29-19-5-3-16(4-6-19)21-13-32-14-23(20-10-22(27)25(34-2)9-17(20)15-33)30-26(32)11-24(21)31-8-7-18(28)12-31/h3-6,9-11,13-14,18,33H,7-8,12,15,28H2,2H3/t18-/m0/s1. The average molecular weight is 474 g/mol. The Hall–Kier alpha value is -3.57. The number of halogens is 1. The number of benzene rings is 2. The van der Waals surface area contributed by atoms with Gasteiger partial charge in [0, 0.05) is 54.4 Å². The van der Waals surface area contributed by atoms with Crippen LogP contribution in [0.1, 0.15) is 12.0 Å². The molecule has 7 nitrogen and oxygen atoms in total. The minimum absolute atomic E-state index is 0.137. The Bertz CT molecular complexity index is 1410. The highest BCUT2D eigenvalue weighted by atomic mass is 35.5. The number of rotatable bonds is 5. The predicted octanol–water partition coefficient (Wildman–Crippen LogP) is 4.91. The highest BCUT2D eigenvalue weighted by Gasteiger charge is 2.23. The summed E-state index contributed by atoms with van der Waals surface area (Å²) < 4.78 is 7.28. The molecule has 0 aliphatic carbocycles. The van der Waals surface area contributed by atoms with Gasteiger partial charge >= 0.3 is 0 Å². The van der Waals surface area contributed by atoms with Crippen molar-refractivity contribution in [2.75, 3.05) is 25.1 Å². The van der Waals surface area contributed by atoms with Gasteiger partial charge in [-0.3, -0.25) is 0 Å². The van der Waals surface area contributed by atoms with Gasteiger partial charge in [0.2, 0.25) is 0 Å². The summed E-state index contributed by atoms with van der Waals surface area (Å²) in [6.07, 6.45) is 4.93. The van der Waals surface area contributed by atoms with Crippen molar-refractivity contribution in [1.29, 1.82) is 0 Å². The van der Waals surface area contributed by atoms with Gasteiger partial charge in [-0.25, -0.2) is 9.83 Å². The van der Waals surface area contributed by atoms with Crippen molar-refractivity contribution >= 4 is 28.6 Å². The lowest BCUT2D eigenvalue weighted by Gasteiger charge is -2.22. The zero-order chi connectivity index (χ0) is 23.8. The number of nitrogens with two attached hydrogens (primary N) is 1. The van der Waals surface area contributed by atoms with Crippen molar-refractivity contribution in [3.8, 4) is 28.1 Å². The van der Waals surface area contributed by atoms with Gasteiger partial charge in [-0.1, -0.05) is 35.9 Å². The first kappa shape index (κ1) is 22.2. The van der Waals surface area contributed by atoms with E-state index in [0.717, 1.165) is 47.5 Å². The fraction of sp³-hybridized carbons (Fsp3) is 0.231. The van der Waals surface area contributed by atoms with Crippen LogP contribution in [-0.2, 0) is 6.61 Å². The second-order valence-electron chi connectivity index (χ2n) is 8.42. The van der Waals surface area contributed by atoms with Crippen molar-refractivity contribution in [3.63, 3.8) is 0 Å². The molecule has 0 bridgehead atoms. The number of hydrogen-bond donors (Lipinski definition) is 2. The molecule has 8 heteroatoms. The molecule has 2 aromatic heterocycles. The predicted molar refractivity (Wildman–Crippen MR) is 135 cm³/mol. The number of ether oxygens (including phenoxy) is 1. The summed E-state index contributed by atoms with van der Waals surface area (Å²) in [5.74, 6) is 0.510. The van der Waals surface area contributed by atoms with E-state index in [4.69, 9.17) is 33.6 Å². The lowest BCUT2D eigenvalue weighted by atomic mass is 10.0. The molecule has 0 saturated carbocycles. The smallest absolute Gasteiger partial charge is 0.187 e. The van der Waals surface area contributed by atoms with Crippen LogP contribution in [0, 0.1) is 6.57 Å². The monoisotopic (exact) mass is 473 g/mol. The summed E-state index contributed by atoms with van der Waals surface area (Å²) >= 11 is 6.38. The number of aromatic nitrogens is 2. The topological polar surface area (TPSA) is 80.4 Å². The Morgan fingerprint density at radius 3 is 2.65 bits per heavy atom. The van der Waals surface area contributed by atoms with Gasteiger partial charge in [0.1, 0.15) is 11.4 Å². The summed E-state index contributed by atoms with van der Waals surface area (Å²) in [7, 11) is 1.55.